The molecule has 0 spiro atoms. The first kappa shape index (κ1) is 17.5. The van der Waals surface area contributed by atoms with Gasteiger partial charge in [0.25, 0.3) is 0 Å². The molecule has 0 bridgehead atoms. The van der Waals surface area contributed by atoms with E-state index in [0.29, 0.717) is 13.2 Å². The maximum absolute atomic E-state index is 11.7. The summed E-state index contributed by atoms with van der Waals surface area (Å²) in [6.45, 7) is 6.01. The van der Waals surface area contributed by atoms with Crippen molar-refractivity contribution in [2.24, 2.45) is 5.41 Å². The molecule has 1 aromatic rings. The van der Waals surface area contributed by atoms with Crippen LogP contribution in [0.2, 0.25) is 0 Å². The maximum Gasteiger partial charge on any atom is 0.314 e. The Morgan fingerprint density at radius 1 is 1.24 bits per heavy atom. The lowest BCUT2D eigenvalue weighted by Crippen LogP contribution is -2.32. The van der Waals surface area contributed by atoms with Gasteiger partial charge in [0.05, 0.1) is 19.1 Å². The van der Waals surface area contributed by atoms with Crippen LogP contribution in [-0.2, 0) is 20.8 Å². The molecule has 0 atom stereocenters. The van der Waals surface area contributed by atoms with Gasteiger partial charge in [-0.2, -0.15) is 0 Å². The molecular formula is C16H25NO4. The van der Waals surface area contributed by atoms with Crippen molar-refractivity contribution in [2.75, 3.05) is 34.0 Å². The van der Waals surface area contributed by atoms with E-state index in [9.17, 15) is 4.79 Å². The summed E-state index contributed by atoms with van der Waals surface area (Å²) in [4.78, 5) is 11.7. The predicted molar refractivity (Wildman–Crippen MR) is 81.3 cm³/mol. The highest BCUT2D eigenvalue weighted by molar-refractivity contribution is 5.75. The van der Waals surface area contributed by atoms with Crippen LogP contribution in [0.3, 0.4) is 0 Å². The van der Waals surface area contributed by atoms with Crippen molar-refractivity contribution < 1.29 is 19.0 Å². The van der Waals surface area contributed by atoms with Gasteiger partial charge in [0.2, 0.25) is 0 Å². The number of benzene rings is 1. The number of hydrogen-bond acceptors (Lipinski definition) is 5. The minimum Gasteiger partial charge on any atom is -0.492 e. The zero-order valence-corrected chi connectivity index (χ0v) is 13.3. The van der Waals surface area contributed by atoms with Gasteiger partial charge >= 0.3 is 5.97 Å². The SMILES string of the molecule is COCCNCc1ccccc1OCC(C)(C)C(=O)OC. The molecule has 0 radical (unpaired) electrons. The molecule has 1 N–H and O–H groups in total. The molecule has 0 amide bonds. The maximum atomic E-state index is 11.7. The van der Waals surface area contributed by atoms with Gasteiger partial charge in [-0.25, -0.2) is 0 Å². The Bertz CT molecular complexity index is 446. The number of nitrogens with one attached hydrogen (secondary N) is 1. The number of esters is 1. The summed E-state index contributed by atoms with van der Waals surface area (Å²) in [7, 11) is 3.06. The zero-order chi connectivity index (χ0) is 15.7. The van der Waals surface area contributed by atoms with Gasteiger partial charge in [0.15, 0.2) is 0 Å². The average Bonchev–Trinajstić information content (AvgIpc) is 2.49. The molecule has 1 rings (SSSR count). The van der Waals surface area contributed by atoms with Crippen LogP contribution in [0.25, 0.3) is 0 Å². The number of carbonyl (C=O) groups is 1. The number of hydrogen-bond donors (Lipinski definition) is 1. The first-order valence-electron chi connectivity index (χ1n) is 7.00. The van der Waals surface area contributed by atoms with Crippen LogP contribution in [0.4, 0.5) is 0 Å². The normalized spacial score (nSPS) is 11.2. The summed E-state index contributed by atoms with van der Waals surface area (Å²) in [5, 5.41) is 3.28. The van der Waals surface area contributed by atoms with Crippen molar-refractivity contribution in [2.45, 2.75) is 20.4 Å². The fraction of sp³-hybridized carbons (Fsp3) is 0.562. The third-order valence-electron chi connectivity index (χ3n) is 3.10. The Morgan fingerprint density at radius 3 is 2.62 bits per heavy atom. The van der Waals surface area contributed by atoms with E-state index in [1.165, 1.54) is 7.11 Å². The van der Waals surface area contributed by atoms with E-state index in [2.05, 4.69) is 5.32 Å². The summed E-state index contributed by atoms with van der Waals surface area (Å²) in [5.74, 6) is 0.498. The first-order valence-corrected chi connectivity index (χ1v) is 7.00. The molecule has 118 valence electrons. The fourth-order valence-corrected chi connectivity index (χ4v) is 1.78. The van der Waals surface area contributed by atoms with E-state index in [-0.39, 0.29) is 12.6 Å². The molecule has 5 nitrogen and oxygen atoms in total. The van der Waals surface area contributed by atoms with E-state index < -0.39 is 5.41 Å². The summed E-state index contributed by atoms with van der Waals surface area (Å²) in [6, 6.07) is 7.78. The van der Waals surface area contributed by atoms with Gasteiger partial charge in [0.1, 0.15) is 12.4 Å². The molecule has 0 heterocycles. The number of ether oxygens (including phenoxy) is 3. The van der Waals surface area contributed by atoms with E-state index in [0.717, 1.165) is 17.9 Å². The molecule has 0 saturated carbocycles. The second-order valence-electron chi connectivity index (χ2n) is 5.44. The number of para-hydroxylation sites is 1. The molecule has 1 aromatic carbocycles. The predicted octanol–water partition coefficient (Wildman–Crippen LogP) is 2.00. The number of rotatable bonds is 9. The van der Waals surface area contributed by atoms with E-state index in [1.807, 2.05) is 24.3 Å². The molecule has 0 fully saturated rings. The summed E-state index contributed by atoms with van der Waals surface area (Å²) in [5.41, 5.74) is 0.375. The van der Waals surface area contributed by atoms with Crippen molar-refractivity contribution in [3.8, 4) is 5.75 Å². The monoisotopic (exact) mass is 295 g/mol. The van der Waals surface area contributed by atoms with Gasteiger partial charge in [-0.1, -0.05) is 18.2 Å². The van der Waals surface area contributed by atoms with Crippen LogP contribution < -0.4 is 10.1 Å². The van der Waals surface area contributed by atoms with Crippen LogP contribution in [0.15, 0.2) is 24.3 Å². The van der Waals surface area contributed by atoms with Crippen LogP contribution in [-0.4, -0.2) is 39.9 Å². The molecule has 0 saturated heterocycles. The van der Waals surface area contributed by atoms with Crippen molar-refractivity contribution >= 4 is 5.97 Å². The Balaban J connectivity index is 2.60. The van der Waals surface area contributed by atoms with Gasteiger partial charge in [-0.15, -0.1) is 0 Å². The molecule has 0 aliphatic carbocycles. The topological polar surface area (TPSA) is 56.8 Å². The van der Waals surface area contributed by atoms with Gasteiger partial charge in [-0.05, 0) is 19.9 Å². The first-order chi connectivity index (χ1) is 10.0. The van der Waals surface area contributed by atoms with Crippen molar-refractivity contribution in [3.05, 3.63) is 29.8 Å². The molecule has 21 heavy (non-hydrogen) atoms. The van der Waals surface area contributed by atoms with Crippen molar-refractivity contribution in [1.29, 1.82) is 0 Å². The third kappa shape index (κ3) is 5.73. The van der Waals surface area contributed by atoms with E-state index in [4.69, 9.17) is 14.2 Å². The Morgan fingerprint density at radius 2 is 1.95 bits per heavy atom. The Hall–Kier alpha value is -1.59. The second kappa shape index (κ2) is 8.64. The lowest BCUT2D eigenvalue weighted by atomic mass is 9.95. The van der Waals surface area contributed by atoms with Crippen LogP contribution in [0.1, 0.15) is 19.4 Å². The van der Waals surface area contributed by atoms with Gasteiger partial charge in [0, 0.05) is 25.8 Å². The summed E-state index contributed by atoms with van der Waals surface area (Å²) < 4.78 is 15.6. The van der Waals surface area contributed by atoms with Crippen molar-refractivity contribution in [3.63, 3.8) is 0 Å². The fourth-order valence-electron chi connectivity index (χ4n) is 1.78. The quantitative estimate of drug-likeness (QED) is 0.558. The summed E-state index contributed by atoms with van der Waals surface area (Å²) >= 11 is 0. The Kier molecular flexibility index (Phi) is 7.19. The highest BCUT2D eigenvalue weighted by Gasteiger charge is 2.29. The van der Waals surface area contributed by atoms with Crippen LogP contribution in [0.5, 0.6) is 5.75 Å². The standard InChI is InChI=1S/C16H25NO4/c1-16(2,15(18)20-4)12-21-14-8-6-5-7-13(14)11-17-9-10-19-3/h5-8,17H,9-12H2,1-4H3. The largest absolute Gasteiger partial charge is 0.492 e. The van der Waals surface area contributed by atoms with Crippen LogP contribution in [0, 0.1) is 5.41 Å². The molecule has 0 aromatic heterocycles. The number of carbonyl (C=O) groups excluding carboxylic acids is 1. The smallest absolute Gasteiger partial charge is 0.314 e. The average molecular weight is 295 g/mol. The lowest BCUT2D eigenvalue weighted by molar-refractivity contribution is -0.152. The van der Waals surface area contributed by atoms with E-state index >= 15 is 0 Å². The highest BCUT2D eigenvalue weighted by atomic mass is 16.5. The minimum absolute atomic E-state index is 0.273. The van der Waals surface area contributed by atoms with Crippen molar-refractivity contribution in [1.82, 2.24) is 5.32 Å². The minimum atomic E-state index is -0.675. The van der Waals surface area contributed by atoms with E-state index in [1.54, 1.807) is 21.0 Å². The zero-order valence-electron chi connectivity index (χ0n) is 13.3. The third-order valence-corrected chi connectivity index (χ3v) is 3.10. The molecule has 0 aliphatic heterocycles. The molecule has 0 unspecified atom stereocenters. The highest BCUT2D eigenvalue weighted by Crippen LogP contribution is 2.23. The van der Waals surface area contributed by atoms with Gasteiger partial charge in [-0.3, -0.25) is 4.79 Å². The second-order valence-corrected chi connectivity index (χ2v) is 5.44. The molecule has 5 heteroatoms. The molecular weight excluding hydrogens is 270 g/mol. The number of methoxy groups -OCH3 is 2. The summed E-state index contributed by atoms with van der Waals surface area (Å²) in [6.07, 6.45) is 0. The molecule has 0 aliphatic rings. The Labute approximate surface area is 126 Å². The van der Waals surface area contributed by atoms with Crippen LogP contribution >= 0.6 is 0 Å². The lowest BCUT2D eigenvalue weighted by Gasteiger charge is -2.22. The van der Waals surface area contributed by atoms with Gasteiger partial charge < -0.3 is 19.5 Å².